The predicted molar refractivity (Wildman–Crippen MR) is 104 cm³/mol. The number of tetrazole rings is 1. The fourth-order valence-corrected chi connectivity index (χ4v) is 3.27. The number of carbonyl (C=O) groups is 1. The van der Waals surface area contributed by atoms with Crippen molar-refractivity contribution >= 4 is 6.09 Å². The average Bonchev–Trinajstić information content (AvgIpc) is 3.39. The van der Waals surface area contributed by atoms with Crippen molar-refractivity contribution in [2.24, 2.45) is 0 Å². The molecule has 0 radical (unpaired) electrons. The van der Waals surface area contributed by atoms with Gasteiger partial charge in [-0.1, -0.05) is 60.5 Å². The van der Waals surface area contributed by atoms with Crippen molar-refractivity contribution in [1.82, 2.24) is 25.5 Å². The normalized spacial score (nSPS) is 18.2. The van der Waals surface area contributed by atoms with Gasteiger partial charge in [-0.3, -0.25) is 4.90 Å². The highest BCUT2D eigenvalue weighted by molar-refractivity contribution is 5.70. The van der Waals surface area contributed by atoms with Gasteiger partial charge >= 0.3 is 12.0 Å². The summed E-state index contributed by atoms with van der Waals surface area (Å²) in [6.45, 7) is 0.540. The summed E-state index contributed by atoms with van der Waals surface area (Å²) in [4.78, 5) is 13.5. The molecule has 162 valence electrons. The standard InChI is InChI=1S/C20H25F2N5O3/c21-20(22,15-8-4-3-5-9-15)17(28)12-11-16-14-30-19(29)27(16)13-7-2-1-6-10-18-23-25-26-24-18/h3-5,8-9,11-12,16-17,28H,1-2,6-7,10,13-14H2,(H,23,24,25,26)/b12-11+. The zero-order valence-electron chi connectivity index (χ0n) is 16.5. The monoisotopic (exact) mass is 421 g/mol. The maximum Gasteiger partial charge on any atom is 0.410 e. The van der Waals surface area contributed by atoms with Crippen molar-refractivity contribution in [2.75, 3.05) is 13.2 Å². The summed E-state index contributed by atoms with van der Waals surface area (Å²) in [6, 6.07) is 6.68. The minimum atomic E-state index is -3.43. The van der Waals surface area contributed by atoms with E-state index in [4.69, 9.17) is 4.74 Å². The van der Waals surface area contributed by atoms with Gasteiger partial charge < -0.3 is 9.84 Å². The minimum Gasteiger partial charge on any atom is -0.447 e. The Hall–Kier alpha value is -2.88. The lowest BCUT2D eigenvalue weighted by Crippen LogP contribution is -2.34. The number of H-pyrrole nitrogens is 1. The molecule has 8 nitrogen and oxygen atoms in total. The SMILES string of the molecule is O=C1OCC(/C=C/C(O)C(F)(F)c2ccccc2)N1CCCCCCc1nn[nH]n1. The number of halogens is 2. The largest absolute Gasteiger partial charge is 0.447 e. The van der Waals surface area contributed by atoms with E-state index in [-0.39, 0.29) is 12.2 Å². The quantitative estimate of drug-likeness (QED) is 0.427. The van der Waals surface area contributed by atoms with Crippen LogP contribution in [0, 0.1) is 0 Å². The predicted octanol–water partition coefficient (Wildman–Crippen LogP) is 2.83. The number of aromatic amines is 1. The Morgan fingerprint density at radius 2 is 2.03 bits per heavy atom. The van der Waals surface area contributed by atoms with Crippen LogP contribution in [0.5, 0.6) is 0 Å². The van der Waals surface area contributed by atoms with Crippen molar-refractivity contribution < 1.29 is 23.4 Å². The van der Waals surface area contributed by atoms with Crippen molar-refractivity contribution in [3.05, 3.63) is 53.9 Å². The number of amides is 1. The van der Waals surface area contributed by atoms with Gasteiger partial charge in [-0.05, 0) is 12.8 Å². The number of unbranched alkanes of at least 4 members (excludes halogenated alkanes) is 3. The number of aromatic nitrogens is 4. The molecule has 30 heavy (non-hydrogen) atoms. The molecule has 2 atom stereocenters. The first-order valence-electron chi connectivity index (χ1n) is 9.94. The zero-order chi connectivity index (χ0) is 21.4. The van der Waals surface area contributed by atoms with Crippen molar-refractivity contribution in [3.8, 4) is 0 Å². The van der Waals surface area contributed by atoms with E-state index in [1.54, 1.807) is 6.07 Å². The average molecular weight is 421 g/mol. The molecule has 1 amide bonds. The van der Waals surface area contributed by atoms with Gasteiger partial charge in [-0.15, -0.1) is 10.2 Å². The summed E-state index contributed by atoms with van der Waals surface area (Å²) in [5.74, 6) is -2.75. The first-order chi connectivity index (χ1) is 14.5. The van der Waals surface area contributed by atoms with Crippen molar-refractivity contribution in [1.29, 1.82) is 0 Å². The van der Waals surface area contributed by atoms with Gasteiger partial charge in [0.2, 0.25) is 0 Å². The third-order valence-electron chi connectivity index (χ3n) is 5.00. The van der Waals surface area contributed by atoms with E-state index in [2.05, 4.69) is 20.6 Å². The smallest absolute Gasteiger partial charge is 0.410 e. The highest BCUT2D eigenvalue weighted by Crippen LogP contribution is 2.32. The van der Waals surface area contributed by atoms with E-state index >= 15 is 0 Å². The highest BCUT2D eigenvalue weighted by Gasteiger charge is 2.39. The number of hydrogen-bond donors (Lipinski definition) is 2. The molecule has 1 aliphatic heterocycles. The molecule has 2 unspecified atom stereocenters. The summed E-state index contributed by atoms with van der Waals surface area (Å²) in [7, 11) is 0. The molecule has 10 heteroatoms. The number of cyclic esters (lactones) is 1. The molecule has 1 aromatic carbocycles. The van der Waals surface area contributed by atoms with Gasteiger partial charge in [0.05, 0.1) is 6.04 Å². The number of carbonyl (C=O) groups excluding carboxylic acids is 1. The maximum absolute atomic E-state index is 14.4. The number of benzene rings is 1. The highest BCUT2D eigenvalue weighted by atomic mass is 19.3. The Morgan fingerprint density at radius 1 is 1.27 bits per heavy atom. The second kappa shape index (κ2) is 10.2. The number of nitrogens with zero attached hydrogens (tertiary/aromatic N) is 4. The molecule has 1 fully saturated rings. The first-order valence-corrected chi connectivity index (χ1v) is 9.94. The summed E-state index contributed by atoms with van der Waals surface area (Å²) in [6.07, 6.45) is 4.24. The number of nitrogens with one attached hydrogen (secondary N) is 1. The van der Waals surface area contributed by atoms with Crippen LogP contribution >= 0.6 is 0 Å². The Kier molecular flexibility index (Phi) is 7.45. The van der Waals surface area contributed by atoms with E-state index in [0.717, 1.165) is 38.2 Å². The van der Waals surface area contributed by atoms with Gasteiger partial charge in [0.25, 0.3) is 0 Å². The molecule has 0 bridgehead atoms. The summed E-state index contributed by atoms with van der Waals surface area (Å²) in [5.41, 5.74) is -0.265. The van der Waals surface area contributed by atoms with E-state index in [1.807, 2.05) is 0 Å². The number of hydrogen-bond acceptors (Lipinski definition) is 6. The number of aliphatic hydroxyl groups excluding tert-OH is 1. The second-order valence-corrected chi connectivity index (χ2v) is 7.15. The van der Waals surface area contributed by atoms with E-state index in [9.17, 15) is 18.7 Å². The fourth-order valence-electron chi connectivity index (χ4n) is 3.27. The molecule has 1 saturated heterocycles. The fraction of sp³-hybridized carbons (Fsp3) is 0.500. The third-order valence-corrected chi connectivity index (χ3v) is 5.00. The number of rotatable bonds is 11. The van der Waals surface area contributed by atoms with E-state index < -0.39 is 24.2 Å². The van der Waals surface area contributed by atoms with Crippen molar-refractivity contribution in [3.63, 3.8) is 0 Å². The Labute approximate surface area is 172 Å². The topological polar surface area (TPSA) is 104 Å². The van der Waals surface area contributed by atoms with Gasteiger partial charge in [0, 0.05) is 18.5 Å². The van der Waals surface area contributed by atoms with Crippen LogP contribution in [0.1, 0.15) is 37.1 Å². The summed E-state index contributed by atoms with van der Waals surface area (Å²) < 4.78 is 33.8. The van der Waals surface area contributed by atoms with E-state index in [0.29, 0.717) is 12.4 Å². The van der Waals surface area contributed by atoms with Gasteiger partial charge in [-0.2, -0.15) is 14.0 Å². The van der Waals surface area contributed by atoms with Crippen LogP contribution in [0.4, 0.5) is 13.6 Å². The molecule has 3 rings (SSSR count). The first kappa shape index (κ1) is 21.8. The molecule has 0 saturated carbocycles. The van der Waals surface area contributed by atoms with Crippen molar-refractivity contribution in [2.45, 2.75) is 50.2 Å². The second-order valence-electron chi connectivity index (χ2n) is 7.15. The molecule has 2 aromatic rings. The zero-order valence-corrected chi connectivity index (χ0v) is 16.5. The molecular formula is C20H25F2N5O3. The van der Waals surface area contributed by atoms with Crippen LogP contribution in [0.15, 0.2) is 42.5 Å². The van der Waals surface area contributed by atoms with Gasteiger partial charge in [-0.25, -0.2) is 4.79 Å². The van der Waals surface area contributed by atoms with Crippen LogP contribution in [-0.4, -0.2) is 62.0 Å². The number of aryl methyl sites for hydroxylation is 1. The number of aliphatic hydroxyl groups is 1. The lowest BCUT2D eigenvalue weighted by molar-refractivity contribution is -0.0929. The van der Waals surface area contributed by atoms with Gasteiger partial charge in [0.1, 0.15) is 12.7 Å². The van der Waals surface area contributed by atoms with E-state index in [1.165, 1.54) is 35.2 Å². The molecule has 1 aliphatic rings. The molecule has 1 aromatic heterocycles. The summed E-state index contributed by atoms with van der Waals surface area (Å²) in [5, 5.41) is 23.7. The Morgan fingerprint density at radius 3 is 2.77 bits per heavy atom. The molecule has 2 N–H and O–H groups in total. The van der Waals surface area contributed by atoms with Gasteiger partial charge in [0.15, 0.2) is 5.82 Å². The van der Waals surface area contributed by atoms with Crippen LogP contribution in [0.3, 0.4) is 0 Å². The lowest BCUT2D eigenvalue weighted by atomic mass is 10.0. The summed E-state index contributed by atoms with van der Waals surface area (Å²) >= 11 is 0. The number of alkyl halides is 2. The number of ether oxygens (including phenoxy) is 1. The molecule has 0 aliphatic carbocycles. The van der Waals surface area contributed by atoms with Crippen LogP contribution < -0.4 is 0 Å². The maximum atomic E-state index is 14.4. The lowest BCUT2D eigenvalue weighted by Gasteiger charge is -2.22. The Balaban J connectivity index is 1.45. The minimum absolute atomic E-state index is 0.0801. The third kappa shape index (κ3) is 5.59. The Bertz CT molecular complexity index is 817. The molecular weight excluding hydrogens is 396 g/mol. The molecule has 0 spiro atoms. The van der Waals surface area contributed by atoms with Crippen LogP contribution in [-0.2, 0) is 17.1 Å². The van der Waals surface area contributed by atoms with Crippen LogP contribution in [0.2, 0.25) is 0 Å². The molecule has 2 heterocycles. The van der Waals surface area contributed by atoms with Crippen LogP contribution in [0.25, 0.3) is 0 Å².